The minimum absolute atomic E-state index is 0. The van der Waals surface area contributed by atoms with Crippen LogP contribution in [0.2, 0.25) is 0 Å². The van der Waals surface area contributed by atoms with Crippen molar-refractivity contribution >= 4 is 30.0 Å². The van der Waals surface area contributed by atoms with E-state index >= 15 is 0 Å². The minimum atomic E-state index is -0.692. The van der Waals surface area contributed by atoms with E-state index in [1.54, 1.807) is 12.1 Å². The molecule has 1 aromatic rings. The van der Waals surface area contributed by atoms with Gasteiger partial charge >= 0.3 is 11.9 Å². The third-order valence-electron chi connectivity index (χ3n) is 2.17. The lowest BCUT2D eigenvalue weighted by molar-refractivity contribution is -0.135. The average molecular weight is 258 g/mol. The van der Waals surface area contributed by atoms with E-state index in [1.807, 2.05) is 13.0 Å². The van der Waals surface area contributed by atoms with Crippen molar-refractivity contribution in [1.82, 2.24) is 0 Å². The van der Waals surface area contributed by atoms with Crippen molar-refractivity contribution in [2.45, 2.75) is 26.7 Å². The molecule has 0 aliphatic heterocycles. The quantitative estimate of drug-likeness (QED) is 0.513. The number of hydrogen-bond donors (Lipinski definition) is 1. The summed E-state index contributed by atoms with van der Waals surface area (Å²) in [4.78, 5) is 22.2. The highest BCUT2D eigenvalue weighted by Gasteiger charge is 2.14. The van der Waals surface area contributed by atoms with Gasteiger partial charge < -0.3 is 10.5 Å². The normalized spacial score (nSPS) is 9.29. The van der Waals surface area contributed by atoms with E-state index in [2.05, 4.69) is 4.74 Å². The molecule has 0 radical (unpaired) electrons. The van der Waals surface area contributed by atoms with Gasteiger partial charge in [0.15, 0.2) is 0 Å². The molecule has 0 aromatic heterocycles. The van der Waals surface area contributed by atoms with E-state index < -0.39 is 11.9 Å². The first-order valence-corrected chi connectivity index (χ1v) is 5.16. The fourth-order valence-corrected chi connectivity index (χ4v) is 1.46. The standard InChI is InChI=1S/C12H15NO3.ClH/c1-3-5-9-6-4-7-10(11(9)13)12(15)16-8(2)14;/h4,6-7H,3,5,13H2,1-2H3;1H. The Labute approximate surface area is 107 Å². The first-order valence-electron chi connectivity index (χ1n) is 5.16. The molecular weight excluding hydrogens is 242 g/mol. The molecule has 5 heteroatoms. The van der Waals surface area contributed by atoms with Gasteiger partial charge in [-0.1, -0.05) is 25.5 Å². The van der Waals surface area contributed by atoms with Crippen LogP contribution in [0.3, 0.4) is 0 Å². The third-order valence-corrected chi connectivity index (χ3v) is 2.17. The van der Waals surface area contributed by atoms with Gasteiger partial charge in [0.1, 0.15) is 0 Å². The Kier molecular flexibility index (Phi) is 6.28. The topological polar surface area (TPSA) is 69.4 Å². The van der Waals surface area contributed by atoms with Crippen molar-refractivity contribution in [3.63, 3.8) is 0 Å². The number of anilines is 1. The van der Waals surface area contributed by atoms with Gasteiger partial charge in [0.25, 0.3) is 0 Å². The molecule has 1 aromatic carbocycles. The van der Waals surface area contributed by atoms with Crippen LogP contribution in [-0.4, -0.2) is 11.9 Å². The lowest BCUT2D eigenvalue weighted by atomic mass is 10.0. The van der Waals surface area contributed by atoms with Crippen LogP contribution >= 0.6 is 12.4 Å². The fourth-order valence-electron chi connectivity index (χ4n) is 1.46. The van der Waals surface area contributed by atoms with Crippen LogP contribution in [0.1, 0.15) is 36.2 Å². The summed E-state index contributed by atoms with van der Waals surface area (Å²) in [6.07, 6.45) is 1.74. The zero-order valence-electron chi connectivity index (χ0n) is 9.86. The molecule has 2 N–H and O–H groups in total. The highest BCUT2D eigenvalue weighted by Crippen LogP contribution is 2.19. The molecule has 0 amide bonds. The molecule has 4 nitrogen and oxygen atoms in total. The van der Waals surface area contributed by atoms with Gasteiger partial charge in [-0.25, -0.2) is 4.79 Å². The Balaban J connectivity index is 0.00000256. The summed E-state index contributed by atoms with van der Waals surface area (Å²) in [7, 11) is 0. The van der Waals surface area contributed by atoms with Crippen LogP contribution in [0.5, 0.6) is 0 Å². The van der Waals surface area contributed by atoms with E-state index in [4.69, 9.17) is 5.73 Å². The van der Waals surface area contributed by atoms with Gasteiger partial charge in [-0.2, -0.15) is 0 Å². The molecule has 0 spiro atoms. The first-order chi connectivity index (χ1) is 7.56. The fraction of sp³-hybridized carbons (Fsp3) is 0.333. The van der Waals surface area contributed by atoms with Crippen molar-refractivity contribution in [2.75, 3.05) is 5.73 Å². The minimum Gasteiger partial charge on any atom is -0.398 e. The number of hydrogen-bond acceptors (Lipinski definition) is 4. The summed E-state index contributed by atoms with van der Waals surface area (Å²) in [5.74, 6) is -1.33. The molecule has 0 heterocycles. The Hall–Kier alpha value is -1.55. The van der Waals surface area contributed by atoms with Crippen LogP contribution in [0.4, 0.5) is 5.69 Å². The van der Waals surface area contributed by atoms with Gasteiger partial charge in [-0.3, -0.25) is 4.79 Å². The van der Waals surface area contributed by atoms with Crippen LogP contribution in [0, 0.1) is 0 Å². The zero-order chi connectivity index (χ0) is 12.1. The molecule has 0 unspecified atom stereocenters. The lowest BCUT2D eigenvalue weighted by Gasteiger charge is -2.08. The number of rotatable bonds is 3. The van der Waals surface area contributed by atoms with E-state index in [0.717, 1.165) is 18.4 Å². The maximum Gasteiger partial charge on any atom is 0.347 e. The predicted molar refractivity (Wildman–Crippen MR) is 68.2 cm³/mol. The SMILES string of the molecule is CCCc1cccc(C(=O)OC(C)=O)c1N.Cl. The molecule has 1 rings (SSSR count). The highest BCUT2D eigenvalue weighted by molar-refractivity contribution is 6.00. The van der Waals surface area contributed by atoms with E-state index in [1.165, 1.54) is 6.92 Å². The number of aryl methyl sites for hydroxylation is 1. The number of para-hydroxylation sites is 1. The van der Waals surface area contributed by atoms with Crippen molar-refractivity contribution in [3.05, 3.63) is 29.3 Å². The largest absolute Gasteiger partial charge is 0.398 e. The van der Waals surface area contributed by atoms with E-state index in [9.17, 15) is 9.59 Å². The Morgan fingerprint density at radius 2 is 2.00 bits per heavy atom. The predicted octanol–water partition coefficient (Wildman–Crippen LogP) is 2.35. The number of esters is 2. The second kappa shape index (κ2) is 6.91. The lowest BCUT2D eigenvalue weighted by Crippen LogP contribution is -2.12. The molecule has 0 saturated heterocycles. The van der Waals surface area contributed by atoms with Gasteiger partial charge in [0, 0.05) is 12.6 Å². The van der Waals surface area contributed by atoms with Crippen LogP contribution < -0.4 is 5.73 Å². The Morgan fingerprint density at radius 1 is 1.35 bits per heavy atom. The van der Waals surface area contributed by atoms with Crippen molar-refractivity contribution in [1.29, 1.82) is 0 Å². The summed E-state index contributed by atoms with van der Waals surface area (Å²) in [5, 5.41) is 0. The molecule has 17 heavy (non-hydrogen) atoms. The smallest absolute Gasteiger partial charge is 0.347 e. The molecule has 0 atom stereocenters. The molecule has 0 aliphatic rings. The summed E-state index contributed by atoms with van der Waals surface area (Å²) in [5.41, 5.74) is 7.39. The van der Waals surface area contributed by atoms with Gasteiger partial charge in [0.05, 0.1) is 5.56 Å². The summed E-state index contributed by atoms with van der Waals surface area (Å²) in [6, 6.07) is 5.15. The molecule has 0 saturated carbocycles. The Morgan fingerprint density at radius 3 is 2.53 bits per heavy atom. The number of nitrogens with two attached hydrogens (primary N) is 1. The number of nitrogen functional groups attached to an aromatic ring is 1. The number of benzene rings is 1. The molecule has 0 bridgehead atoms. The number of ether oxygens (including phenoxy) is 1. The molecule has 0 fully saturated rings. The number of carbonyl (C=O) groups is 2. The zero-order valence-corrected chi connectivity index (χ0v) is 10.7. The molecule has 0 aliphatic carbocycles. The number of carbonyl (C=O) groups excluding carboxylic acids is 2. The average Bonchev–Trinajstić information content (AvgIpc) is 2.20. The summed E-state index contributed by atoms with van der Waals surface area (Å²) in [6.45, 7) is 3.21. The van der Waals surface area contributed by atoms with Crippen LogP contribution in [0.25, 0.3) is 0 Å². The monoisotopic (exact) mass is 257 g/mol. The summed E-state index contributed by atoms with van der Waals surface area (Å²) < 4.78 is 4.49. The Bertz CT molecular complexity index is 418. The second-order valence-electron chi connectivity index (χ2n) is 3.51. The van der Waals surface area contributed by atoms with Crippen molar-refractivity contribution in [2.24, 2.45) is 0 Å². The van der Waals surface area contributed by atoms with Crippen LogP contribution in [-0.2, 0) is 16.0 Å². The van der Waals surface area contributed by atoms with E-state index in [0.29, 0.717) is 5.69 Å². The van der Waals surface area contributed by atoms with Crippen molar-refractivity contribution < 1.29 is 14.3 Å². The second-order valence-corrected chi connectivity index (χ2v) is 3.51. The number of halogens is 1. The van der Waals surface area contributed by atoms with E-state index in [-0.39, 0.29) is 18.0 Å². The summed E-state index contributed by atoms with van der Waals surface area (Å²) >= 11 is 0. The maximum atomic E-state index is 11.5. The van der Waals surface area contributed by atoms with Crippen LogP contribution in [0.15, 0.2) is 18.2 Å². The highest BCUT2D eigenvalue weighted by atomic mass is 35.5. The van der Waals surface area contributed by atoms with Gasteiger partial charge in [0.2, 0.25) is 0 Å². The first kappa shape index (κ1) is 15.4. The van der Waals surface area contributed by atoms with Crippen molar-refractivity contribution in [3.8, 4) is 0 Å². The van der Waals surface area contributed by atoms with Gasteiger partial charge in [-0.15, -0.1) is 12.4 Å². The maximum absolute atomic E-state index is 11.5. The molecular formula is C12H16ClNO3. The molecule has 94 valence electrons. The third kappa shape index (κ3) is 4.07. The van der Waals surface area contributed by atoms with Gasteiger partial charge in [-0.05, 0) is 18.1 Å².